The van der Waals surface area contributed by atoms with Gasteiger partial charge in [-0.05, 0) is 24.6 Å². The van der Waals surface area contributed by atoms with Crippen molar-refractivity contribution in [1.29, 1.82) is 0 Å². The lowest BCUT2D eigenvalue weighted by Crippen LogP contribution is -2.06. The third-order valence-corrected chi connectivity index (χ3v) is 2.84. The Morgan fingerprint density at radius 1 is 1.47 bits per heavy atom. The molecule has 0 saturated heterocycles. The maximum absolute atomic E-state index is 5.82. The Labute approximate surface area is 96.3 Å². The molecule has 1 aromatic heterocycles. The first-order valence-corrected chi connectivity index (χ1v) is 5.38. The number of nitrogens with two attached hydrogens (primary N) is 1. The van der Waals surface area contributed by atoms with E-state index in [0.717, 1.165) is 15.7 Å². The van der Waals surface area contributed by atoms with Crippen molar-refractivity contribution in [3.63, 3.8) is 0 Å². The molecule has 5 heteroatoms. The highest BCUT2D eigenvalue weighted by Gasteiger charge is 2.06. The van der Waals surface area contributed by atoms with Gasteiger partial charge in [-0.2, -0.15) is 5.10 Å². The Hall–Kier alpha value is -1.20. The highest BCUT2D eigenvalue weighted by Crippen LogP contribution is 2.24. The highest BCUT2D eigenvalue weighted by molar-refractivity contribution is 9.10. The van der Waals surface area contributed by atoms with Crippen molar-refractivity contribution in [2.75, 3.05) is 0 Å². The van der Waals surface area contributed by atoms with Crippen LogP contribution in [0, 0.1) is 0 Å². The Morgan fingerprint density at radius 3 is 2.80 bits per heavy atom. The second-order valence-electron chi connectivity index (χ2n) is 3.33. The largest absolute Gasteiger partial charge is 0.324 e. The molecule has 2 N–H and O–H groups in total. The van der Waals surface area contributed by atoms with E-state index in [1.54, 1.807) is 11.0 Å². The smallest absolute Gasteiger partial charge is 0.138 e. The maximum Gasteiger partial charge on any atom is 0.138 e. The molecule has 2 aromatic rings. The van der Waals surface area contributed by atoms with E-state index in [1.165, 1.54) is 6.33 Å². The number of aromatic nitrogens is 3. The molecule has 0 spiro atoms. The van der Waals surface area contributed by atoms with Crippen LogP contribution in [0.2, 0.25) is 0 Å². The zero-order valence-corrected chi connectivity index (χ0v) is 9.85. The summed E-state index contributed by atoms with van der Waals surface area (Å²) in [6, 6.07) is 5.96. The summed E-state index contributed by atoms with van der Waals surface area (Å²) in [5, 5.41) is 4.06. The van der Waals surface area contributed by atoms with E-state index in [-0.39, 0.29) is 6.04 Å². The van der Waals surface area contributed by atoms with Crippen LogP contribution in [0.1, 0.15) is 18.5 Å². The fraction of sp³-hybridized carbons (Fsp3) is 0.200. The number of hydrogen-bond acceptors (Lipinski definition) is 3. The van der Waals surface area contributed by atoms with Crippen LogP contribution in [0.15, 0.2) is 35.3 Å². The minimum absolute atomic E-state index is 0.0178. The van der Waals surface area contributed by atoms with Crippen LogP contribution in [0.3, 0.4) is 0 Å². The van der Waals surface area contributed by atoms with Gasteiger partial charge in [-0.1, -0.05) is 22.0 Å². The van der Waals surface area contributed by atoms with Crippen LogP contribution in [0.4, 0.5) is 0 Å². The SMILES string of the molecule is CC(N)c1ccc(-n2cncn2)cc1Br. The summed E-state index contributed by atoms with van der Waals surface area (Å²) in [5.74, 6) is 0. The molecular formula is C10H11BrN4. The van der Waals surface area contributed by atoms with E-state index in [0.29, 0.717) is 0 Å². The molecule has 0 aliphatic heterocycles. The first-order valence-electron chi connectivity index (χ1n) is 4.58. The molecule has 1 heterocycles. The zero-order chi connectivity index (χ0) is 10.8. The van der Waals surface area contributed by atoms with Gasteiger partial charge in [0.15, 0.2) is 0 Å². The summed E-state index contributed by atoms with van der Waals surface area (Å²) in [6.45, 7) is 1.95. The van der Waals surface area contributed by atoms with Gasteiger partial charge in [0.05, 0.1) is 5.69 Å². The van der Waals surface area contributed by atoms with E-state index in [9.17, 15) is 0 Å². The fourth-order valence-electron chi connectivity index (χ4n) is 1.37. The predicted octanol–water partition coefficient (Wildman–Crippen LogP) is 2.05. The van der Waals surface area contributed by atoms with Crippen LogP contribution < -0.4 is 5.73 Å². The second-order valence-corrected chi connectivity index (χ2v) is 4.19. The Bertz CT molecular complexity index is 450. The van der Waals surface area contributed by atoms with E-state index in [1.807, 2.05) is 25.1 Å². The standard InChI is InChI=1S/C10H11BrN4/c1-7(12)9-3-2-8(4-10(9)11)15-6-13-5-14-15/h2-7H,12H2,1H3. The summed E-state index contributed by atoms with van der Waals surface area (Å²) >= 11 is 3.49. The monoisotopic (exact) mass is 266 g/mol. The molecule has 0 saturated carbocycles. The normalized spacial score (nSPS) is 12.7. The van der Waals surface area contributed by atoms with E-state index < -0.39 is 0 Å². The van der Waals surface area contributed by atoms with Crippen LogP contribution >= 0.6 is 15.9 Å². The van der Waals surface area contributed by atoms with Crippen LogP contribution in [-0.4, -0.2) is 14.8 Å². The van der Waals surface area contributed by atoms with Gasteiger partial charge in [0.25, 0.3) is 0 Å². The van der Waals surface area contributed by atoms with Crippen molar-refractivity contribution in [3.8, 4) is 5.69 Å². The van der Waals surface area contributed by atoms with Gasteiger partial charge in [-0.25, -0.2) is 9.67 Å². The summed E-state index contributed by atoms with van der Waals surface area (Å²) in [4.78, 5) is 3.90. The van der Waals surface area contributed by atoms with Crippen molar-refractivity contribution in [2.24, 2.45) is 5.73 Å². The lowest BCUT2D eigenvalue weighted by molar-refractivity contribution is 0.808. The molecule has 2 rings (SSSR count). The van der Waals surface area contributed by atoms with Crippen molar-refractivity contribution in [3.05, 3.63) is 40.9 Å². The quantitative estimate of drug-likeness (QED) is 0.905. The molecule has 0 bridgehead atoms. The number of halogens is 1. The molecule has 15 heavy (non-hydrogen) atoms. The van der Waals surface area contributed by atoms with Crippen molar-refractivity contribution >= 4 is 15.9 Å². The third-order valence-electron chi connectivity index (χ3n) is 2.16. The second kappa shape index (κ2) is 4.12. The molecular weight excluding hydrogens is 256 g/mol. The predicted molar refractivity (Wildman–Crippen MR) is 61.7 cm³/mol. The van der Waals surface area contributed by atoms with Gasteiger partial charge >= 0.3 is 0 Å². The average Bonchev–Trinajstić information content (AvgIpc) is 2.69. The van der Waals surface area contributed by atoms with Crippen molar-refractivity contribution < 1.29 is 0 Å². The Morgan fingerprint density at radius 2 is 2.27 bits per heavy atom. The molecule has 0 aliphatic rings. The molecule has 78 valence electrons. The summed E-state index contributed by atoms with van der Waals surface area (Å²) in [6.07, 6.45) is 3.17. The van der Waals surface area contributed by atoms with Crippen molar-refractivity contribution in [1.82, 2.24) is 14.8 Å². The minimum atomic E-state index is 0.0178. The van der Waals surface area contributed by atoms with Gasteiger partial charge < -0.3 is 5.73 Å². The van der Waals surface area contributed by atoms with Crippen LogP contribution in [0.5, 0.6) is 0 Å². The summed E-state index contributed by atoms with van der Waals surface area (Å²) < 4.78 is 2.70. The lowest BCUT2D eigenvalue weighted by Gasteiger charge is -2.09. The van der Waals surface area contributed by atoms with Crippen LogP contribution in [-0.2, 0) is 0 Å². The first-order chi connectivity index (χ1) is 7.18. The van der Waals surface area contributed by atoms with E-state index in [4.69, 9.17) is 5.73 Å². The maximum atomic E-state index is 5.82. The number of rotatable bonds is 2. The molecule has 4 nitrogen and oxygen atoms in total. The van der Waals surface area contributed by atoms with Crippen molar-refractivity contribution in [2.45, 2.75) is 13.0 Å². The van der Waals surface area contributed by atoms with Gasteiger partial charge in [0.1, 0.15) is 12.7 Å². The average molecular weight is 267 g/mol. The molecule has 1 unspecified atom stereocenters. The number of hydrogen-bond donors (Lipinski definition) is 1. The molecule has 0 aliphatic carbocycles. The lowest BCUT2D eigenvalue weighted by atomic mass is 10.1. The van der Waals surface area contributed by atoms with Gasteiger partial charge in [0.2, 0.25) is 0 Å². The Kier molecular flexibility index (Phi) is 2.83. The van der Waals surface area contributed by atoms with E-state index in [2.05, 4.69) is 26.0 Å². The fourth-order valence-corrected chi connectivity index (χ4v) is 2.10. The zero-order valence-electron chi connectivity index (χ0n) is 8.26. The summed E-state index contributed by atoms with van der Waals surface area (Å²) in [7, 11) is 0. The number of benzene rings is 1. The molecule has 0 fully saturated rings. The third kappa shape index (κ3) is 2.08. The molecule has 1 aromatic carbocycles. The van der Waals surface area contributed by atoms with Gasteiger partial charge in [0, 0.05) is 10.5 Å². The van der Waals surface area contributed by atoms with Crippen LogP contribution in [0.25, 0.3) is 5.69 Å². The highest BCUT2D eigenvalue weighted by atomic mass is 79.9. The van der Waals surface area contributed by atoms with E-state index >= 15 is 0 Å². The minimum Gasteiger partial charge on any atom is -0.324 e. The Balaban J connectivity index is 2.42. The van der Waals surface area contributed by atoms with Gasteiger partial charge in [-0.15, -0.1) is 0 Å². The molecule has 0 amide bonds. The topological polar surface area (TPSA) is 56.7 Å². The summed E-state index contributed by atoms with van der Waals surface area (Å²) in [5.41, 5.74) is 7.86. The number of nitrogens with zero attached hydrogens (tertiary/aromatic N) is 3. The first kappa shape index (κ1) is 10.3. The van der Waals surface area contributed by atoms with Gasteiger partial charge in [-0.3, -0.25) is 0 Å². The molecule has 1 atom stereocenters. The molecule has 0 radical (unpaired) electrons.